The summed E-state index contributed by atoms with van der Waals surface area (Å²) in [6, 6.07) is 9.51. The molecule has 1 unspecified atom stereocenters. The maximum atomic E-state index is 13.3. The summed E-state index contributed by atoms with van der Waals surface area (Å²) in [5.74, 6) is -0.857. The molecule has 0 aliphatic carbocycles. The van der Waals surface area contributed by atoms with E-state index in [1.165, 1.54) is 4.90 Å². The van der Waals surface area contributed by atoms with E-state index in [0.717, 1.165) is 43.8 Å². The Hall–Kier alpha value is -2.58. The third-order valence-electron chi connectivity index (χ3n) is 6.98. The van der Waals surface area contributed by atoms with Gasteiger partial charge in [0.2, 0.25) is 0 Å². The molecule has 2 aromatic rings. The fraction of sp³-hybridized carbons (Fsp3) is 0.448. The van der Waals surface area contributed by atoms with E-state index in [4.69, 9.17) is 32.7 Å². The first kappa shape index (κ1) is 28.4. The monoisotopic (exact) mass is 560 g/mol. The molecule has 2 saturated heterocycles. The Bertz CT molecular complexity index is 1210. The molecular formula is C29H34Cl2N2O5. The molecule has 2 aliphatic heterocycles. The first-order valence-corrected chi connectivity index (χ1v) is 13.8. The van der Waals surface area contributed by atoms with Crippen LogP contribution < -0.4 is 4.74 Å². The van der Waals surface area contributed by atoms with Gasteiger partial charge in [0.15, 0.2) is 0 Å². The lowest BCUT2D eigenvalue weighted by molar-refractivity contribution is -0.140. The van der Waals surface area contributed by atoms with Gasteiger partial charge in [-0.3, -0.25) is 14.5 Å². The summed E-state index contributed by atoms with van der Waals surface area (Å²) in [6.45, 7) is 8.78. The van der Waals surface area contributed by atoms with Gasteiger partial charge in [-0.2, -0.15) is 0 Å². The number of aliphatic hydroxyl groups excluding tert-OH is 1. The van der Waals surface area contributed by atoms with Gasteiger partial charge in [-0.15, -0.1) is 0 Å². The van der Waals surface area contributed by atoms with Gasteiger partial charge < -0.3 is 19.5 Å². The zero-order valence-corrected chi connectivity index (χ0v) is 23.4. The Kier molecular flexibility index (Phi) is 9.71. The molecule has 0 radical (unpaired) electrons. The number of morpholine rings is 1. The maximum Gasteiger partial charge on any atom is 0.295 e. The van der Waals surface area contributed by atoms with Crippen molar-refractivity contribution >= 4 is 40.7 Å². The number of hydrogen-bond acceptors (Lipinski definition) is 6. The van der Waals surface area contributed by atoms with Gasteiger partial charge in [-0.25, -0.2) is 0 Å². The smallest absolute Gasteiger partial charge is 0.295 e. The molecule has 9 heteroatoms. The quantitative estimate of drug-likeness (QED) is 0.176. The number of nitrogens with zero attached hydrogens (tertiary/aromatic N) is 2. The molecular weight excluding hydrogens is 527 g/mol. The zero-order valence-electron chi connectivity index (χ0n) is 21.8. The number of benzene rings is 2. The number of unbranched alkanes of at least 4 members (excludes halogenated alkanes) is 1. The number of hydrogen-bond donors (Lipinski definition) is 1. The van der Waals surface area contributed by atoms with Crippen molar-refractivity contribution in [3.8, 4) is 5.75 Å². The number of halogens is 2. The van der Waals surface area contributed by atoms with E-state index in [1.807, 2.05) is 6.92 Å². The molecule has 0 bridgehead atoms. The largest absolute Gasteiger partial charge is 0.507 e. The maximum absolute atomic E-state index is 13.3. The molecule has 1 N–H and O–H groups in total. The first-order chi connectivity index (χ1) is 18.3. The van der Waals surface area contributed by atoms with Crippen LogP contribution >= 0.6 is 23.2 Å². The fourth-order valence-electron chi connectivity index (χ4n) is 4.87. The van der Waals surface area contributed by atoms with Crippen LogP contribution in [0.4, 0.5) is 0 Å². The highest BCUT2D eigenvalue weighted by Gasteiger charge is 2.46. The lowest BCUT2D eigenvalue weighted by Crippen LogP contribution is -2.38. The Morgan fingerprint density at radius 3 is 2.50 bits per heavy atom. The number of aryl methyl sites for hydroxylation is 1. The van der Waals surface area contributed by atoms with E-state index in [-0.39, 0.29) is 11.3 Å². The van der Waals surface area contributed by atoms with Crippen molar-refractivity contribution in [2.75, 3.05) is 46.0 Å². The zero-order chi connectivity index (χ0) is 27.2. The predicted molar refractivity (Wildman–Crippen MR) is 149 cm³/mol. The Labute approximate surface area is 233 Å². The summed E-state index contributed by atoms with van der Waals surface area (Å²) in [6.07, 6.45) is 2.65. The average Bonchev–Trinajstić information content (AvgIpc) is 3.16. The summed E-state index contributed by atoms with van der Waals surface area (Å²) in [5, 5.41) is 12.1. The Balaban J connectivity index is 1.67. The molecule has 1 amide bonds. The minimum atomic E-state index is -0.782. The van der Waals surface area contributed by atoms with Crippen molar-refractivity contribution in [1.82, 2.24) is 9.80 Å². The number of ether oxygens (including phenoxy) is 2. The van der Waals surface area contributed by atoms with Gasteiger partial charge >= 0.3 is 0 Å². The van der Waals surface area contributed by atoms with Gasteiger partial charge in [0, 0.05) is 31.7 Å². The lowest BCUT2D eigenvalue weighted by Gasteiger charge is -2.29. The van der Waals surface area contributed by atoms with Crippen molar-refractivity contribution in [3.05, 3.63) is 68.7 Å². The molecule has 2 fully saturated rings. The fourth-order valence-corrected chi connectivity index (χ4v) is 5.18. The third-order valence-corrected chi connectivity index (χ3v) is 7.72. The van der Waals surface area contributed by atoms with E-state index in [0.29, 0.717) is 54.0 Å². The number of Topliss-reactive ketones (excluding diaryl/α,β-unsaturated/α-hetero) is 1. The second kappa shape index (κ2) is 13.0. The van der Waals surface area contributed by atoms with Crippen LogP contribution in [0.2, 0.25) is 10.0 Å². The average molecular weight is 562 g/mol. The van der Waals surface area contributed by atoms with Gasteiger partial charge in [0.25, 0.3) is 11.7 Å². The second-order valence-electron chi connectivity index (χ2n) is 9.66. The van der Waals surface area contributed by atoms with E-state index in [9.17, 15) is 14.7 Å². The van der Waals surface area contributed by atoms with E-state index in [2.05, 4.69) is 11.8 Å². The second-order valence-corrected chi connectivity index (χ2v) is 10.5. The molecule has 0 spiro atoms. The van der Waals surface area contributed by atoms with Crippen LogP contribution in [0.3, 0.4) is 0 Å². The highest BCUT2D eigenvalue weighted by molar-refractivity contribution is 6.46. The van der Waals surface area contributed by atoms with Crippen molar-refractivity contribution in [1.29, 1.82) is 0 Å². The molecule has 2 aromatic carbocycles. The van der Waals surface area contributed by atoms with E-state index >= 15 is 0 Å². The third kappa shape index (κ3) is 6.34. The highest BCUT2D eigenvalue weighted by atomic mass is 35.5. The number of carbonyl (C=O) groups is 2. The summed E-state index contributed by atoms with van der Waals surface area (Å²) in [4.78, 5) is 30.4. The Morgan fingerprint density at radius 2 is 1.82 bits per heavy atom. The number of ketones is 1. The van der Waals surface area contributed by atoms with Gasteiger partial charge in [0.05, 0.1) is 41.5 Å². The summed E-state index contributed by atoms with van der Waals surface area (Å²) >= 11 is 12.5. The van der Waals surface area contributed by atoms with E-state index < -0.39 is 17.7 Å². The highest BCUT2D eigenvalue weighted by Crippen LogP contribution is 2.41. The molecule has 38 heavy (non-hydrogen) atoms. The molecule has 2 aliphatic rings. The molecule has 7 nitrogen and oxygen atoms in total. The molecule has 4 rings (SSSR count). The van der Waals surface area contributed by atoms with Crippen LogP contribution in [0.1, 0.15) is 48.9 Å². The van der Waals surface area contributed by atoms with Crippen molar-refractivity contribution in [2.45, 2.75) is 39.2 Å². The molecule has 0 saturated carbocycles. The number of rotatable bonds is 10. The summed E-state index contributed by atoms with van der Waals surface area (Å²) in [5.41, 5.74) is 1.93. The minimum Gasteiger partial charge on any atom is -0.507 e. The van der Waals surface area contributed by atoms with Gasteiger partial charge in [-0.1, -0.05) is 42.6 Å². The number of amides is 1. The van der Waals surface area contributed by atoms with Gasteiger partial charge in [-0.05, 0) is 61.2 Å². The van der Waals surface area contributed by atoms with Crippen LogP contribution in [-0.4, -0.2) is 72.6 Å². The van der Waals surface area contributed by atoms with Crippen molar-refractivity contribution in [2.24, 2.45) is 0 Å². The van der Waals surface area contributed by atoms with Gasteiger partial charge in [0.1, 0.15) is 11.5 Å². The molecule has 204 valence electrons. The van der Waals surface area contributed by atoms with Crippen LogP contribution in [0.25, 0.3) is 5.76 Å². The summed E-state index contributed by atoms with van der Waals surface area (Å²) < 4.78 is 11.2. The molecule has 2 heterocycles. The molecule has 0 aromatic heterocycles. The van der Waals surface area contributed by atoms with E-state index in [1.54, 1.807) is 36.4 Å². The standard InChI is InChI=1S/C29H34Cl2N2O5/c1-3-4-14-38-24-9-7-21(17-19(24)2)27(34)25-26(20-6-8-22(30)23(31)18-20)33(29(36)28(25)35)11-5-10-32-12-15-37-16-13-32/h6-9,17-18,26,34H,3-5,10-16H2,1-2H3. The first-order valence-electron chi connectivity index (χ1n) is 13.1. The predicted octanol–water partition coefficient (Wildman–Crippen LogP) is 5.62. The Morgan fingerprint density at radius 1 is 1.05 bits per heavy atom. The lowest BCUT2D eigenvalue weighted by atomic mass is 9.94. The minimum absolute atomic E-state index is 0.0406. The van der Waals surface area contributed by atoms with Crippen molar-refractivity contribution in [3.63, 3.8) is 0 Å². The number of carbonyl (C=O) groups excluding carboxylic acids is 2. The van der Waals surface area contributed by atoms with Crippen LogP contribution in [0.15, 0.2) is 42.0 Å². The normalized spacial score (nSPS) is 19.8. The van der Waals surface area contributed by atoms with Crippen LogP contribution in [0.5, 0.6) is 5.75 Å². The molecule has 1 atom stereocenters. The SMILES string of the molecule is CCCCOc1ccc(C(O)=C2C(=O)C(=O)N(CCCN3CCOCC3)C2c2ccc(Cl)c(Cl)c2)cc1C. The van der Waals surface area contributed by atoms with Crippen molar-refractivity contribution < 1.29 is 24.2 Å². The van der Waals surface area contributed by atoms with Crippen LogP contribution in [-0.2, 0) is 14.3 Å². The number of aliphatic hydroxyl groups is 1. The topological polar surface area (TPSA) is 79.3 Å². The summed E-state index contributed by atoms with van der Waals surface area (Å²) in [7, 11) is 0. The number of likely N-dealkylation sites (tertiary alicyclic amines) is 1. The van der Waals surface area contributed by atoms with Crippen LogP contribution in [0, 0.1) is 6.92 Å².